The van der Waals surface area contributed by atoms with Gasteiger partial charge in [-0.05, 0) is 19.9 Å². The van der Waals surface area contributed by atoms with Crippen molar-refractivity contribution in [2.75, 3.05) is 19.6 Å². The minimum atomic E-state index is -0.341. The number of nitriles is 1. The topological polar surface area (TPSA) is 47.3 Å². The zero-order chi connectivity index (χ0) is 11.4. The summed E-state index contributed by atoms with van der Waals surface area (Å²) in [5.41, 5.74) is 0. The van der Waals surface area contributed by atoms with Crippen molar-refractivity contribution < 1.29 is 4.79 Å². The smallest absolute Gasteiger partial charge is 0.247 e. The predicted octanol–water partition coefficient (Wildman–Crippen LogP) is 0.617. The maximum absolute atomic E-state index is 11.5. The highest BCUT2D eigenvalue weighted by molar-refractivity contribution is 5.87. The summed E-state index contributed by atoms with van der Waals surface area (Å²) < 4.78 is 0. The van der Waals surface area contributed by atoms with Crippen LogP contribution >= 0.6 is 0 Å². The largest absolute Gasteiger partial charge is 0.321 e. The Kier molecular flexibility index (Phi) is 3.87. The molecule has 15 heavy (non-hydrogen) atoms. The van der Waals surface area contributed by atoms with Crippen LogP contribution in [0.5, 0.6) is 0 Å². The molecule has 1 aliphatic heterocycles. The average molecular weight is 207 g/mol. The molecular formula is C11H17N3O. The van der Waals surface area contributed by atoms with Gasteiger partial charge in [0.25, 0.3) is 0 Å². The first-order chi connectivity index (χ1) is 7.10. The molecule has 0 aliphatic carbocycles. The van der Waals surface area contributed by atoms with Crippen molar-refractivity contribution in [3.63, 3.8) is 0 Å². The monoisotopic (exact) mass is 207 g/mol. The molecule has 1 atom stereocenters. The molecular weight excluding hydrogens is 190 g/mol. The molecule has 1 aliphatic rings. The Bertz CT molecular complexity index is 293. The number of hydrogen-bond acceptors (Lipinski definition) is 3. The van der Waals surface area contributed by atoms with Gasteiger partial charge in [-0.3, -0.25) is 9.69 Å². The lowest BCUT2D eigenvalue weighted by molar-refractivity contribution is -0.129. The van der Waals surface area contributed by atoms with Gasteiger partial charge in [-0.25, -0.2) is 0 Å². The second-order valence-electron chi connectivity index (χ2n) is 3.97. The second-order valence-corrected chi connectivity index (χ2v) is 3.97. The van der Waals surface area contributed by atoms with Crippen molar-refractivity contribution in [3.8, 4) is 6.07 Å². The number of rotatable bonds is 2. The van der Waals surface area contributed by atoms with Crippen LogP contribution in [0.3, 0.4) is 0 Å². The third-order valence-electron chi connectivity index (χ3n) is 2.75. The molecule has 0 aromatic heterocycles. The van der Waals surface area contributed by atoms with Crippen LogP contribution in [0.2, 0.25) is 0 Å². The maximum Gasteiger partial charge on any atom is 0.247 e. The first kappa shape index (κ1) is 11.7. The van der Waals surface area contributed by atoms with Gasteiger partial charge in [-0.2, -0.15) is 5.26 Å². The van der Waals surface area contributed by atoms with Crippen molar-refractivity contribution in [2.45, 2.75) is 25.9 Å². The van der Waals surface area contributed by atoms with E-state index in [0.717, 1.165) is 6.54 Å². The van der Waals surface area contributed by atoms with Gasteiger partial charge < -0.3 is 4.90 Å². The van der Waals surface area contributed by atoms with Crippen LogP contribution in [0.15, 0.2) is 12.7 Å². The molecule has 0 saturated carbocycles. The lowest BCUT2D eigenvalue weighted by Crippen LogP contribution is -2.55. The second kappa shape index (κ2) is 4.94. The molecule has 0 aromatic rings. The van der Waals surface area contributed by atoms with Gasteiger partial charge >= 0.3 is 0 Å². The number of piperazine rings is 1. The highest BCUT2D eigenvalue weighted by Gasteiger charge is 2.29. The quantitative estimate of drug-likeness (QED) is 0.623. The molecule has 4 nitrogen and oxygen atoms in total. The SMILES string of the molecule is C=CC(=O)N1CCN(C(C)C)C[C@@H]1C#N. The van der Waals surface area contributed by atoms with Crippen LogP contribution in [0, 0.1) is 11.3 Å². The Labute approximate surface area is 90.8 Å². The summed E-state index contributed by atoms with van der Waals surface area (Å²) in [5.74, 6) is -0.148. The number of carbonyl (C=O) groups excluding carboxylic acids is 1. The van der Waals surface area contributed by atoms with Gasteiger partial charge in [0, 0.05) is 25.7 Å². The molecule has 0 radical (unpaired) electrons. The van der Waals surface area contributed by atoms with Crippen molar-refractivity contribution in [1.29, 1.82) is 5.26 Å². The Morgan fingerprint density at radius 3 is 2.73 bits per heavy atom. The molecule has 0 bridgehead atoms. The van der Waals surface area contributed by atoms with Gasteiger partial charge in [-0.1, -0.05) is 6.58 Å². The van der Waals surface area contributed by atoms with E-state index in [0.29, 0.717) is 19.1 Å². The molecule has 4 heteroatoms. The van der Waals surface area contributed by atoms with Gasteiger partial charge in [0.1, 0.15) is 6.04 Å². The summed E-state index contributed by atoms with van der Waals surface area (Å²) in [7, 11) is 0. The third kappa shape index (κ3) is 2.57. The molecule has 0 unspecified atom stereocenters. The Morgan fingerprint density at radius 1 is 1.60 bits per heavy atom. The number of hydrogen-bond donors (Lipinski definition) is 0. The molecule has 1 heterocycles. The zero-order valence-corrected chi connectivity index (χ0v) is 9.31. The molecule has 1 saturated heterocycles. The van der Waals surface area contributed by atoms with Crippen LogP contribution in [-0.4, -0.2) is 47.4 Å². The van der Waals surface area contributed by atoms with Gasteiger partial charge in [0.05, 0.1) is 6.07 Å². The summed E-state index contributed by atoms with van der Waals surface area (Å²) in [4.78, 5) is 15.2. The van der Waals surface area contributed by atoms with Crippen LogP contribution in [0.25, 0.3) is 0 Å². The fraction of sp³-hybridized carbons (Fsp3) is 0.636. The molecule has 0 N–H and O–H groups in total. The van der Waals surface area contributed by atoms with E-state index < -0.39 is 0 Å². The van der Waals surface area contributed by atoms with E-state index in [1.54, 1.807) is 4.90 Å². The number of carbonyl (C=O) groups is 1. The molecule has 1 amide bonds. The van der Waals surface area contributed by atoms with Crippen LogP contribution in [-0.2, 0) is 4.79 Å². The van der Waals surface area contributed by atoms with Gasteiger partial charge in [0.2, 0.25) is 5.91 Å². The van der Waals surface area contributed by atoms with E-state index in [9.17, 15) is 4.79 Å². The first-order valence-electron chi connectivity index (χ1n) is 5.16. The average Bonchev–Trinajstić information content (AvgIpc) is 2.27. The standard InChI is InChI=1S/C11H17N3O/c1-4-11(15)14-6-5-13(9(2)3)8-10(14)7-12/h4,9-10H,1,5-6,8H2,2-3H3/t10-/m0/s1. The van der Waals surface area contributed by atoms with Crippen molar-refractivity contribution in [2.24, 2.45) is 0 Å². The van der Waals surface area contributed by atoms with E-state index in [4.69, 9.17) is 5.26 Å². The summed E-state index contributed by atoms with van der Waals surface area (Å²) in [6.07, 6.45) is 1.27. The van der Waals surface area contributed by atoms with E-state index in [1.807, 2.05) is 0 Å². The summed E-state index contributed by atoms with van der Waals surface area (Å²) in [5, 5.41) is 9.00. The molecule has 1 fully saturated rings. The highest BCUT2D eigenvalue weighted by Crippen LogP contribution is 2.12. The number of amides is 1. The minimum Gasteiger partial charge on any atom is -0.321 e. The Hall–Kier alpha value is -1.34. The third-order valence-corrected chi connectivity index (χ3v) is 2.75. The van der Waals surface area contributed by atoms with E-state index >= 15 is 0 Å². The molecule has 82 valence electrons. The summed E-state index contributed by atoms with van der Waals surface area (Å²) in [6.45, 7) is 9.71. The zero-order valence-electron chi connectivity index (χ0n) is 9.31. The van der Waals surface area contributed by atoms with Crippen molar-refractivity contribution in [1.82, 2.24) is 9.80 Å². The van der Waals surface area contributed by atoms with Gasteiger partial charge in [0.15, 0.2) is 0 Å². The fourth-order valence-corrected chi connectivity index (χ4v) is 1.76. The Morgan fingerprint density at radius 2 is 2.27 bits per heavy atom. The van der Waals surface area contributed by atoms with E-state index in [-0.39, 0.29) is 11.9 Å². The van der Waals surface area contributed by atoms with Crippen LogP contribution in [0.1, 0.15) is 13.8 Å². The fourth-order valence-electron chi connectivity index (χ4n) is 1.76. The molecule has 0 aromatic carbocycles. The minimum absolute atomic E-state index is 0.148. The molecule has 0 spiro atoms. The van der Waals surface area contributed by atoms with Crippen molar-refractivity contribution in [3.05, 3.63) is 12.7 Å². The normalized spacial score (nSPS) is 22.5. The summed E-state index contributed by atoms with van der Waals surface area (Å²) >= 11 is 0. The van der Waals surface area contributed by atoms with Crippen LogP contribution in [0.4, 0.5) is 0 Å². The predicted molar refractivity (Wildman–Crippen MR) is 58.0 cm³/mol. The maximum atomic E-state index is 11.5. The Balaban J connectivity index is 2.69. The van der Waals surface area contributed by atoms with Crippen LogP contribution < -0.4 is 0 Å². The highest BCUT2D eigenvalue weighted by atomic mass is 16.2. The number of nitrogens with zero attached hydrogens (tertiary/aromatic N) is 3. The lowest BCUT2D eigenvalue weighted by Gasteiger charge is -2.39. The lowest BCUT2D eigenvalue weighted by atomic mass is 10.1. The van der Waals surface area contributed by atoms with Crippen molar-refractivity contribution >= 4 is 5.91 Å². The van der Waals surface area contributed by atoms with E-state index in [2.05, 4.69) is 31.4 Å². The summed E-state index contributed by atoms with van der Waals surface area (Å²) in [6, 6.07) is 2.25. The van der Waals surface area contributed by atoms with E-state index in [1.165, 1.54) is 6.08 Å². The van der Waals surface area contributed by atoms with Gasteiger partial charge in [-0.15, -0.1) is 0 Å². The first-order valence-corrected chi connectivity index (χ1v) is 5.16. The molecule has 1 rings (SSSR count).